The number of thiazole rings is 1. The van der Waals surface area contributed by atoms with E-state index in [1.807, 2.05) is 19.2 Å². The van der Waals surface area contributed by atoms with Gasteiger partial charge in [-0.05, 0) is 32.9 Å². The molecule has 3 aromatic rings. The van der Waals surface area contributed by atoms with Gasteiger partial charge in [-0.1, -0.05) is 0 Å². The summed E-state index contributed by atoms with van der Waals surface area (Å²) in [4.78, 5) is 29.8. The van der Waals surface area contributed by atoms with E-state index in [0.717, 1.165) is 29.4 Å². The van der Waals surface area contributed by atoms with E-state index in [4.69, 9.17) is 9.72 Å². The standard InChI is InChI=1S/C18H20N6O2S/c1-3-26-17(25)14-9-27-16(22-14)12-4-5-20-15(12)13-8-11(2)21-18(23-13)24-7-6-19-10-24/h6-10,12,15,20H,3-5H2,1-2H3/t12-,15-/m1/s1. The number of aromatic nitrogens is 5. The minimum atomic E-state index is -0.372. The second-order valence-corrected chi connectivity index (χ2v) is 7.21. The topological polar surface area (TPSA) is 94.8 Å². The lowest BCUT2D eigenvalue weighted by molar-refractivity contribution is 0.0520. The highest BCUT2D eigenvalue weighted by atomic mass is 32.1. The Kier molecular flexibility index (Phi) is 4.95. The molecule has 0 spiro atoms. The molecule has 3 aromatic heterocycles. The summed E-state index contributed by atoms with van der Waals surface area (Å²) in [5.41, 5.74) is 2.18. The first-order chi connectivity index (χ1) is 13.2. The molecule has 0 radical (unpaired) electrons. The zero-order valence-corrected chi connectivity index (χ0v) is 15.9. The summed E-state index contributed by atoms with van der Waals surface area (Å²) in [5, 5.41) is 6.21. The van der Waals surface area contributed by atoms with Crippen molar-refractivity contribution in [3.8, 4) is 5.95 Å². The van der Waals surface area contributed by atoms with E-state index >= 15 is 0 Å². The number of carbonyl (C=O) groups is 1. The smallest absolute Gasteiger partial charge is 0.357 e. The number of nitrogens with zero attached hydrogens (tertiary/aromatic N) is 5. The Bertz CT molecular complexity index is 939. The summed E-state index contributed by atoms with van der Waals surface area (Å²) in [6.45, 7) is 4.96. The van der Waals surface area contributed by atoms with E-state index in [9.17, 15) is 4.79 Å². The van der Waals surface area contributed by atoms with Gasteiger partial charge in [-0.2, -0.15) is 0 Å². The van der Waals surface area contributed by atoms with Gasteiger partial charge in [0.15, 0.2) is 5.69 Å². The molecule has 140 valence electrons. The van der Waals surface area contributed by atoms with Crippen LogP contribution in [0.25, 0.3) is 5.95 Å². The molecule has 1 aliphatic heterocycles. The van der Waals surface area contributed by atoms with Crippen LogP contribution in [0.3, 0.4) is 0 Å². The van der Waals surface area contributed by atoms with E-state index in [1.54, 1.807) is 29.4 Å². The highest BCUT2D eigenvalue weighted by Crippen LogP contribution is 2.38. The number of ether oxygens (including phenoxy) is 1. The van der Waals surface area contributed by atoms with Crippen LogP contribution < -0.4 is 5.32 Å². The average Bonchev–Trinajstić information content (AvgIpc) is 3.41. The molecule has 0 aliphatic carbocycles. The highest BCUT2D eigenvalue weighted by molar-refractivity contribution is 7.09. The third-order valence-corrected chi connectivity index (χ3v) is 5.44. The fraction of sp³-hybridized carbons (Fsp3) is 0.389. The molecule has 0 unspecified atom stereocenters. The van der Waals surface area contributed by atoms with Crippen LogP contribution in [0.5, 0.6) is 0 Å². The maximum atomic E-state index is 11.9. The predicted octanol–water partition coefficient (Wildman–Crippen LogP) is 2.42. The molecule has 9 heteroatoms. The first kappa shape index (κ1) is 17.7. The van der Waals surface area contributed by atoms with E-state index < -0.39 is 0 Å². The van der Waals surface area contributed by atoms with Crippen molar-refractivity contribution >= 4 is 17.3 Å². The molecule has 0 aromatic carbocycles. The number of carbonyl (C=O) groups excluding carboxylic acids is 1. The van der Waals surface area contributed by atoms with Crippen molar-refractivity contribution in [1.82, 2.24) is 29.8 Å². The summed E-state index contributed by atoms with van der Waals surface area (Å²) in [6, 6.07) is 2.02. The maximum absolute atomic E-state index is 11.9. The molecule has 0 amide bonds. The summed E-state index contributed by atoms with van der Waals surface area (Å²) < 4.78 is 6.84. The van der Waals surface area contributed by atoms with Gasteiger partial charge >= 0.3 is 5.97 Å². The minimum Gasteiger partial charge on any atom is -0.461 e. The lowest BCUT2D eigenvalue weighted by Crippen LogP contribution is -2.20. The minimum absolute atomic E-state index is 0.0233. The second-order valence-electron chi connectivity index (χ2n) is 6.32. The molecule has 2 atom stereocenters. The summed E-state index contributed by atoms with van der Waals surface area (Å²) in [6.07, 6.45) is 6.15. The Morgan fingerprint density at radius 2 is 2.30 bits per heavy atom. The van der Waals surface area contributed by atoms with Gasteiger partial charge in [-0.15, -0.1) is 11.3 Å². The molecule has 4 rings (SSSR count). The second kappa shape index (κ2) is 7.53. The SMILES string of the molecule is CCOC(=O)c1csc([C@@H]2CCN[C@H]2c2cc(C)nc(-n3ccnc3)n2)n1. The van der Waals surface area contributed by atoms with Gasteiger partial charge in [0.25, 0.3) is 0 Å². The van der Waals surface area contributed by atoms with Gasteiger partial charge in [-0.25, -0.2) is 24.7 Å². The van der Waals surface area contributed by atoms with Crippen LogP contribution in [0, 0.1) is 6.92 Å². The Morgan fingerprint density at radius 1 is 1.41 bits per heavy atom. The van der Waals surface area contributed by atoms with E-state index in [2.05, 4.69) is 20.3 Å². The van der Waals surface area contributed by atoms with Gasteiger partial charge in [0.1, 0.15) is 6.33 Å². The summed E-state index contributed by atoms with van der Waals surface area (Å²) >= 11 is 1.50. The van der Waals surface area contributed by atoms with Crippen molar-refractivity contribution in [1.29, 1.82) is 0 Å². The normalized spacial score (nSPS) is 19.3. The lowest BCUT2D eigenvalue weighted by atomic mass is 9.98. The van der Waals surface area contributed by atoms with Crippen LogP contribution in [0.4, 0.5) is 0 Å². The van der Waals surface area contributed by atoms with E-state index in [-0.39, 0.29) is 17.9 Å². The van der Waals surface area contributed by atoms with Gasteiger partial charge in [0.05, 0.1) is 23.4 Å². The molecule has 0 bridgehead atoms. The number of aryl methyl sites for hydroxylation is 1. The Morgan fingerprint density at radius 3 is 3.07 bits per heavy atom. The van der Waals surface area contributed by atoms with Crippen molar-refractivity contribution in [2.75, 3.05) is 13.2 Å². The quantitative estimate of drug-likeness (QED) is 0.675. The molecule has 8 nitrogen and oxygen atoms in total. The van der Waals surface area contributed by atoms with Gasteiger partial charge in [-0.3, -0.25) is 4.57 Å². The van der Waals surface area contributed by atoms with Crippen LogP contribution in [0.1, 0.15) is 52.2 Å². The lowest BCUT2D eigenvalue weighted by Gasteiger charge is -2.18. The van der Waals surface area contributed by atoms with Crippen LogP contribution in [-0.2, 0) is 4.74 Å². The van der Waals surface area contributed by atoms with Gasteiger partial charge < -0.3 is 10.1 Å². The summed E-state index contributed by atoms with van der Waals surface area (Å²) in [5.74, 6) is 0.382. The molecule has 1 fully saturated rings. The molecule has 1 saturated heterocycles. The number of esters is 1. The number of rotatable bonds is 5. The number of nitrogens with one attached hydrogen (secondary N) is 1. The Hall–Kier alpha value is -2.65. The zero-order chi connectivity index (χ0) is 18.8. The maximum Gasteiger partial charge on any atom is 0.357 e. The van der Waals surface area contributed by atoms with Gasteiger partial charge in [0.2, 0.25) is 5.95 Å². The predicted molar refractivity (Wildman–Crippen MR) is 100 cm³/mol. The molecule has 27 heavy (non-hydrogen) atoms. The largest absolute Gasteiger partial charge is 0.461 e. The van der Waals surface area contributed by atoms with Crippen molar-refractivity contribution in [3.05, 3.63) is 52.3 Å². The van der Waals surface area contributed by atoms with Crippen molar-refractivity contribution in [2.24, 2.45) is 0 Å². The van der Waals surface area contributed by atoms with E-state index in [1.165, 1.54) is 11.3 Å². The molecule has 1 N–H and O–H groups in total. The van der Waals surface area contributed by atoms with Crippen molar-refractivity contribution in [3.63, 3.8) is 0 Å². The first-order valence-electron chi connectivity index (χ1n) is 8.85. The van der Waals surface area contributed by atoms with Crippen molar-refractivity contribution in [2.45, 2.75) is 32.2 Å². The fourth-order valence-electron chi connectivity index (χ4n) is 3.27. The number of hydrogen-bond acceptors (Lipinski definition) is 8. The highest BCUT2D eigenvalue weighted by Gasteiger charge is 2.33. The first-order valence-corrected chi connectivity index (χ1v) is 9.73. The third kappa shape index (κ3) is 3.60. The Labute approximate surface area is 160 Å². The average molecular weight is 384 g/mol. The Balaban J connectivity index is 1.63. The fourth-order valence-corrected chi connectivity index (χ4v) is 4.23. The van der Waals surface area contributed by atoms with Crippen LogP contribution in [0.2, 0.25) is 0 Å². The van der Waals surface area contributed by atoms with Crippen molar-refractivity contribution < 1.29 is 9.53 Å². The molecule has 4 heterocycles. The molecule has 1 aliphatic rings. The van der Waals surface area contributed by atoms with Crippen LogP contribution in [-0.4, -0.2) is 43.6 Å². The number of hydrogen-bond donors (Lipinski definition) is 1. The number of imidazole rings is 1. The summed E-state index contributed by atoms with van der Waals surface area (Å²) in [7, 11) is 0. The third-order valence-electron chi connectivity index (χ3n) is 4.46. The van der Waals surface area contributed by atoms with Gasteiger partial charge in [0, 0.05) is 29.4 Å². The molecule has 0 saturated carbocycles. The van der Waals surface area contributed by atoms with Crippen LogP contribution in [0.15, 0.2) is 30.2 Å². The monoisotopic (exact) mass is 384 g/mol. The molecular weight excluding hydrogens is 364 g/mol. The van der Waals surface area contributed by atoms with Crippen LogP contribution >= 0.6 is 11.3 Å². The van der Waals surface area contributed by atoms with E-state index in [0.29, 0.717) is 18.2 Å². The zero-order valence-electron chi connectivity index (χ0n) is 15.1. The molecular formula is C18H20N6O2S.